The van der Waals surface area contributed by atoms with Crippen molar-refractivity contribution in [2.75, 3.05) is 0 Å². The van der Waals surface area contributed by atoms with Crippen LogP contribution >= 0.6 is 22.7 Å². The minimum Gasteiger partial charge on any atom is -0.309 e. The zero-order valence-electron chi connectivity index (χ0n) is 30.8. The number of benzene rings is 9. The molecule has 0 fully saturated rings. The summed E-state index contributed by atoms with van der Waals surface area (Å²) in [6.45, 7) is 0. The molecule has 0 amide bonds. The first-order valence-corrected chi connectivity index (χ1v) is 21.0. The van der Waals surface area contributed by atoms with Crippen LogP contribution in [0.15, 0.2) is 200 Å². The normalized spacial score (nSPS) is 11.9. The predicted molar refractivity (Wildman–Crippen MR) is 248 cm³/mol. The Kier molecular flexibility index (Phi) is 7.34. The number of rotatable bonds is 5. The molecule has 266 valence electrons. The first-order valence-electron chi connectivity index (χ1n) is 19.4. The Bertz CT molecular complexity index is 3440. The lowest BCUT2D eigenvalue weighted by atomic mass is 9.92. The van der Waals surface area contributed by atoms with Crippen LogP contribution in [-0.4, -0.2) is 4.57 Å². The van der Waals surface area contributed by atoms with E-state index in [2.05, 4.69) is 205 Å². The van der Waals surface area contributed by atoms with Gasteiger partial charge in [-0.3, -0.25) is 0 Å². The monoisotopic (exact) mass is 759 g/mol. The van der Waals surface area contributed by atoms with Crippen molar-refractivity contribution in [3.63, 3.8) is 0 Å². The Morgan fingerprint density at radius 1 is 0.281 bits per heavy atom. The molecule has 0 radical (unpaired) electrons. The predicted octanol–water partition coefficient (Wildman–Crippen LogP) is 16.2. The minimum absolute atomic E-state index is 1.18. The smallest absolute Gasteiger partial charge is 0.0548 e. The molecule has 0 aliphatic heterocycles. The van der Waals surface area contributed by atoms with Crippen LogP contribution in [0, 0.1) is 0 Å². The first kappa shape index (κ1) is 32.5. The average Bonchev–Trinajstić information content (AvgIpc) is 3.95. The molecule has 0 unspecified atom stereocenters. The zero-order valence-corrected chi connectivity index (χ0v) is 32.4. The van der Waals surface area contributed by atoms with Crippen molar-refractivity contribution in [1.82, 2.24) is 4.57 Å². The van der Waals surface area contributed by atoms with E-state index in [1.54, 1.807) is 0 Å². The van der Waals surface area contributed by atoms with Crippen molar-refractivity contribution in [3.05, 3.63) is 200 Å². The maximum atomic E-state index is 2.44. The molecule has 0 aliphatic rings. The molecule has 9 aromatic carbocycles. The summed E-state index contributed by atoms with van der Waals surface area (Å²) in [4.78, 5) is 0. The molecule has 0 aliphatic carbocycles. The highest BCUT2D eigenvalue weighted by atomic mass is 32.1. The van der Waals surface area contributed by atoms with E-state index in [9.17, 15) is 0 Å². The maximum Gasteiger partial charge on any atom is 0.0548 e. The van der Waals surface area contributed by atoms with Gasteiger partial charge in [-0.25, -0.2) is 0 Å². The van der Waals surface area contributed by atoms with Gasteiger partial charge in [-0.1, -0.05) is 127 Å². The second-order valence-corrected chi connectivity index (χ2v) is 17.0. The molecule has 0 spiro atoms. The molecule has 0 atom stereocenters. The van der Waals surface area contributed by atoms with Gasteiger partial charge in [0.15, 0.2) is 0 Å². The number of fused-ring (bicyclic) bond motifs is 9. The van der Waals surface area contributed by atoms with Gasteiger partial charge in [0.05, 0.1) is 11.0 Å². The second-order valence-electron chi connectivity index (χ2n) is 14.9. The molecule has 57 heavy (non-hydrogen) atoms. The summed E-state index contributed by atoms with van der Waals surface area (Å²) in [5, 5.41) is 7.81. The number of para-hydroxylation sites is 1. The molecular formula is C54H33NS2. The molecule has 0 saturated heterocycles. The van der Waals surface area contributed by atoms with E-state index in [1.807, 2.05) is 22.7 Å². The van der Waals surface area contributed by atoms with Gasteiger partial charge < -0.3 is 4.57 Å². The number of nitrogens with zero attached hydrogens (tertiary/aromatic N) is 1. The first-order chi connectivity index (χ1) is 28.2. The fraction of sp³-hybridized carbons (Fsp3) is 0. The van der Waals surface area contributed by atoms with E-state index >= 15 is 0 Å². The summed E-state index contributed by atoms with van der Waals surface area (Å²) in [6.07, 6.45) is 0. The summed E-state index contributed by atoms with van der Waals surface area (Å²) in [7, 11) is 0. The standard InChI is InChI=1S/C54H33NS2/c1-4-13-34(14-5-1)38-27-39(35-15-6-2-7-16-35)29-40(28-38)42-20-12-21-44-47-31-37(24-26-52(47)57-54(42)44)36-23-25-49-45(30-36)46-33-53-48(43-19-10-11-22-51(43)56-53)32-50(46)55(49)41-17-8-3-9-18-41/h1-33H. The lowest BCUT2D eigenvalue weighted by Crippen LogP contribution is -1.93. The largest absolute Gasteiger partial charge is 0.309 e. The van der Waals surface area contributed by atoms with Crippen molar-refractivity contribution < 1.29 is 0 Å². The Labute approximate surface area is 338 Å². The highest BCUT2D eigenvalue weighted by molar-refractivity contribution is 7.26. The van der Waals surface area contributed by atoms with E-state index in [0.29, 0.717) is 0 Å². The highest BCUT2D eigenvalue weighted by Gasteiger charge is 2.18. The van der Waals surface area contributed by atoms with Crippen molar-refractivity contribution in [2.24, 2.45) is 0 Å². The van der Waals surface area contributed by atoms with Crippen molar-refractivity contribution >= 4 is 84.8 Å². The maximum absolute atomic E-state index is 2.44. The van der Waals surface area contributed by atoms with Gasteiger partial charge in [-0.15, -0.1) is 22.7 Å². The molecule has 3 heteroatoms. The van der Waals surface area contributed by atoms with Crippen molar-refractivity contribution in [1.29, 1.82) is 0 Å². The molecule has 3 heterocycles. The van der Waals surface area contributed by atoms with Gasteiger partial charge in [0.2, 0.25) is 0 Å². The Hall–Kier alpha value is -6.78. The van der Waals surface area contributed by atoms with Crippen LogP contribution in [0.2, 0.25) is 0 Å². The molecule has 0 N–H and O–H groups in total. The minimum atomic E-state index is 1.18. The van der Waals surface area contributed by atoms with Gasteiger partial charge in [0.1, 0.15) is 0 Å². The molecule has 3 aromatic heterocycles. The van der Waals surface area contributed by atoms with Crippen LogP contribution in [0.25, 0.3) is 112 Å². The summed E-state index contributed by atoms with van der Waals surface area (Å²) >= 11 is 3.78. The number of hydrogen-bond donors (Lipinski definition) is 0. The Morgan fingerprint density at radius 3 is 1.61 bits per heavy atom. The van der Waals surface area contributed by atoms with Crippen molar-refractivity contribution in [3.8, 4) is 50.2 Å². The topological polar surface area (TPSA) is 4.93 Å². The third-order valence-electron chi connectivity index (χ3n) is 11.6. The fourth-order valence-electron chi connectivity index (χ4n) is 8.85. The molecule has 12 aromatic rings. The molecule has 0 bridgehead atoms. The van der Waals surface area contributed by atoms with Gasteiger partial charge in [0.25, 0.3) is 0 Å². The van der Waals surface area contributed by atoms with E-state index < -0.39 is 0 Å². The second kappa shape index (κ2) is 12.9. The quantitative estimate of drug-likeness (QED) is 0.165. The molecular weight excluding hydrogens is 727 g/mol. The lowest BCUT2D eigenvalue weighted by Gasteiger charge is -2.12. The third kappa shape index (κ3) is 5.28. The van der Waals surface area contributed by atoms with Crippen LogP contribution in [-0.2, 0) is 0 Å². The zero-order chi connectivity index (χ0) is 37.5. The van der Waals surface area contributed by atoms with Gasteiger partial charge in [-0.2, -0.15) is 0 Å². The van der Waals surface area contributed by atoms with Crippen LogP contribution in [0.5, 0.6) is 0 Å². The van der Waals surface area contributed by atoms with Crippen molar-refractivity contribution in [2.45, 2.75) is 0 Å². The molecule has 12 rings (SSSR count). The summed E-state index contributed by atoms with van der Waals surface area (Å²) in [5.74, 6) is 0. The SMILES string of the molecule is c1ccc(-c2cc(-c3ccccc3)cc(-c3cccc4c3sc3ccc(-c5ccc6c(c5)c5cc7sc8ccccc8c7cc5n6-c5ccccc5)cc34)c2)cc1. The summed E-state index contributed by atoms with van der Waals surface area (Å²) < 4.78 is 7.72. The fourth-order valence-corrected chi connectivity index (χ4v) is 11.2. The van der Waals surface area contributed by atoms with E-state index in [-0.39, 0.29) is 0 Å². The highest BCUT2D eigenvalue weighted by Crippen LogP contribution is 2.45. The molecule has 0 saturated carbocycles. The number of hydrogen-bond acceptors (Lipinski definition) is 2. The molecule has 1 nitrogen and oxygen atoms in total. The Balaban J connectivity index is 1.03. The number of aromatic nitrogens is 1. The Morgan fingerprint density at radius 2 is 0.860 bits per heavy atom. The van der Waals surface area contributed by atoms with Gasteiger partial charge >= 0.3 is 0 Å². The average molecular weight is 760 g/mol. The van der Waals surface area contributed by atoms with Crippen LogP contribution in [0.4, 0.5) is 0 Å². The van der Waals surface area contributed by atoms with E-state index in [4.69, 9.17) is 0 Å². The van der Waals surface area contributed by atoms with Gasteiger partial charge in [0, 0.05) is 56.8 Å². The van der Waals surface area contributed by atoms with Crippen LogP contribution in [0.1, 0.15) is 0 Å². The van der Waals surface area contributed by atoms with E-state index in [0.717, 1.165) is 0 Å². The summed E-state index contributed by atoms with van der Waals surface area (Å²) in [5.41, 5.74) is 13.5. The lowest BCUT2D eigenvalue weighted by molar-refractivity contribution is 1.18. The van der Waals surface area contributed by atoms with Gasteiger partial charge in [-0.05, 0) is 117 Å². The number of thiophene rings is 2. The summed E-state index contributed by atoms with van der Waals surface area (Å²) in [6, 6.07) is 73.9. The third-order valence-corrected chi connectivity index (χ3v) is 13.9. The van der Waals surface area contributed by atoms with Crippen LogP contribution in [0.3, 0.4) is 0 Å². The van der Waals surface area contributed by atoms with E-state index in [1.165, 1.54) is 112 Å². The van der Waals surface area contributed by atoms with Crippen LogP contribution < -0.4 is 0 Å².